The van der Waals surface area contributed by atoms with Crippen LogP contribution in [0.15, 0.2) is 55.2 Å². The summed E-state index contributed by atoms with van der Waals surface area (Å²) in [6.07, 6.45) is 9.11. The van der Waals surface area contributed by atoms with Gasteiger partial charge >= 0.3 is 0 Å². The van der Waals surface area contributed by atoms with Gasteiger partial charge in [0.1, 0.15) is 6.33 Å². The van der Waals surface area contributed by atoms with E-state index in [1.165, 1.54) is 0 Å². The number of carbonyl (C=O) groups is 1. The van der Waals surface area contributed by atoms with E-state index >= 15 is 0 Å². The number of hydrogen-bond donors (Lipinski definition) is 1. The first-order valence-corrected chi connectivity index (χ1v) is 10.8. The average molecular weight is 431 g/mol. The summed E-state index contributed by atoms with van der Waals surface area (Å²) in [5, 5.41) is 3.02. The average Bonchev–Trinajstić information content (AvgIpc) is 3.31. The van der Waals surface area contributed by atoms with Crippen molar-refractivity contribution in [2.45, 2.75) is 25.3 Å². The highest BCUT2D eigenvalue weighted by atomic mass is 16.7. The maximum absolute atomic E-state index is 12.6. The number of carbonyl (C=O) groups excluding carboxylic acids is 1. The Labute approximate surface area is 186 Å². The van der Waals surface area contributed by atoms with Gasteiger partial charge in [0.25, 0.3) is 0 Å². The molecule has 1 aromatic carbocycles. The van der Waals surface area contributed by atoms with Crippen LogP contribution in [0.5, 0.6) is 11.5 Å². The summed E-state index contributed by atoms with van der Waals surface area (Å²) in [6.45, 7) is 2.79. The second-order valence-corrected chi connectivity index (χ2v) is 8.10. The molecule has 32 heavy (non-hydrogen) atoms. The maximum atomic E-state index is 12.6. The zero-order valence-corrected chi connectivity index (χ0v) is 17.7. The molecule has 4 heterocycles. The van der Waals surface area contributed by atoms with Gasteiger partial charge in [-0.05, 0) is 54.8 Å². The van der Waals surface area contributed by atoms with Gasteiger partial charge in [0.15, 0.2) is 11.5 Å². The largest absolute Gasteiger partial charge is 0.454 e. The lowest BCUT2D eigenvalue weighted by atomic mass is 9.90. The molecule has 1 saturated heterocycles. The van der Waals surface area contributed by atoms with Crippen molar-refractivity contribution in [2.24, 2.45) is 0 Å². The van der Waals surface area contributed by atoms with E-state index in [2.05, 4.69) is 25.2 Å². The molecule has 5 rings (SSSR count). The number of benzene rings is 1. The Morgan fingerprint density at radius 2 is 2.00 bits per heavy atom. The predicted molar refractivity (Wildman–Crippen MR) is 118 cm³/mol. The third kappa shape index (κ3) is 4.55. The van der Waals surface area contributed by atoms with Gasteiger partial charge < -0.3 is 14.8 Å². The zero-order chi connectivity index (χ0) is 21.8. The fraction of sp³-hybridized carbons (Fsp3) is 0.333. The van der Waals surface area contributed by atoms with Crippen LogP contribution in [0.4, 0.5) is 0 Å². The van der Waals surface area contributed by atoms with Crippen LogP contribution in [0, 0.1) is 0 Å². The molecule has 8 nitrogen and oxygen atoms in total. The first kappa shape index (κ1) is 20.4. The van der Waals surface area contributed by atoms with Crippen molar-refractivity contribution in [2.75, 3.05) is 26.4 Å². The minimum Gasteiger partial charge on any atom is -0.454 e. The summed E-state index contributed by atoms with van der Waals surface area (Å²) in [7, 11) is 0. The molecule has 8 heteroatoms. The van der Waals surface area contributed by atoms with E-state index in [0.29, 0.717) is 13.1 Å². The molecule has 1 N–H and O–H groups in total. The number of fused-ring (bicyclic) bond motifs is 1. The molecule has 2 aromatic heterocycles. The van der Waals surface area contributed by atoms with Crippen LogP contribution in [0.2, 0.25) is 0 Å². The van der Waals surface area contributed by atoms with Gasteiger partial charge in [0, 0.05) is 43.2 Å². The molecule has 1 atom stereocenters. The summed E-state index contributed by atoms with van der Waals surface area (Å²) >= 11 is 0. The Kier molecular flexibility index (Phi) is 5.93. The Balaban J connectivity index is 1.20. The lowest BCUT2D eigenvalue weighted by Gasteiger charge is -2.32. The Morgan fingerprint density at radius 1 is 1.12 bits per heavy atom. The van der Waals surface area contributed by atoms with Crippen molar-refractivity contribution in [3.8, 4) is 22.6 Å². The number of hydrogen-bond acceptors (Lipinski definition) is 7. The van der Waals surface area contributed by atoms with Crippen LogP contribution >= 0.6 is 0 Å². The molecule has 3 aromatic rings. The number of nitrogens with one attached hydrogen (secondary N) is 1. The van der Waals surface area contributed by atoms with Crippen LogP contribution in [0.3, 0.4) is 0 Å². The molecule has 2 aliphatic heterocycles. The number of amides is 1. The summed E-state index contributed by atoms with van der Waals surface area (Å²) in [4.78, 5) is 27.8. The number of rotatable bonds is 6. The lowest BCUT2D eigenvalue weighted by molar-refractivity contribution is -0.122. The molecule has 2 aliphatic rings. The molecule has 0 aliphatic carbocycles. The lowest BCUT2D eigenvalue weighted by Crippen LogP contribution is -2.42. The monoisotopic (exact) mass is 431 g/mol. The van der Waals surface area contributed by atoms with Crippen molar-refractivity contribution in [1.29, 1.82) is 0 Å². The molecule has 0 spiro atoms. The minimum absolute atomic E-state index is 0.0142. The first-order valence-electron chi connectivity index (χ1n) is 10.8. The number of ether oxygens (including phenoxy) is 2. The highest BCUT2D eigenvalue weighted by molar-refractivity contribution is 5.78. The highest BCUT2D eigenvalue weighted by Gasteiger charge is 2.26. The first-order chi connectivity index (χ1) is 15.8. The summed E-state index contributed by atoms with van der Waals surface area (Å²) in [5.74, 6) is 1.75. The van der Waals surface area contributed by atoms with E-state index in [1.807, 2.05) is 36.5 Å². The summed E-state index contributed by atoms with van der Waals surface area (Å²) in [5.41, 5.74) is 4.13. The van der Waals surface area contributed by atoms with E-state index in [4.69, 9.17) is 9.47 Å². The van der Waals surface area contributed by atoms with E-state index in [-0.39, 0.29) is 18.6 Å². The van der Waals surface area contributed by atoms with Gasteiger partial charge in [-0.15, -0.1) is 0 Å². The molecule has 1 unspecified atom stereocenters. The molecule has 1 amide bonds. The van der Waals surface area contributed by atoms with Crippen LogP contribution < -0.4 is 14.8 Å². The van der Waals surface area contributed by atoms with Gasteiger partial charge in [0.2, 0.25) is 12.7 Å². The van der Waals surface area contributed by atoms with Crippen molar-refractivity contribution < 1.29 is 14.3 Å². The maximum Gasteiger partial charge on any atom is 0.234 e. The van der Waals surface area contributed by atoms with Crippen LogP contribution in [0.1, 0.15) is 30.0 Å². The smallest absolute Gasteiger partial charge is 0.234 e. The number of nitrogens with zero attached hydrogens (tertiary/aromatic N) is 4. The fourth-order valence-electron chi connectivity index (χ4n) is 4.35. The molecule has 164 valence electrons. The van der Waals surface area contributed by atoms with E-state index in [0.717, 1.165) is 59.8 Å². The Bertz CT molecular complexity index is 1090. The second-order valence-electron chi connectivity index (χ2n) is 8.10. The summed E-state index contributed by atoms with van der Waals surface area (Å²) in [6, 6.07) is 9.69. The van der Waals surface area contributed by atoms with Crippen LogP contribution in [-0.4, -0.2) is 52.2 Å². The molecular weight excluding hydrogens is 406 g/mol. The van der Waals surface area contributed by atoms with Crippen molar-refractivity contribution in [3.63, 3.8) is 0 Å². The molecule has 0 bridgehead atoms. The number of likely N-dealkylation sites (tertiary alicyclic amines) is 1. The fourth-order valence-corrected chi connectivity index (χ4v) is 4.35. The topological polar surface area (TPSA) is 89.5 Å². The third-order valence-electron chi connectivity index (χ3n) is 5.92. The van der Waals surface area contributed by atoms with Crippen molar-refractivity contribution in [3.05, 3.63) is 66.5 Å². The Morgan fingerprint density at radius 3 is 2.91 bits per heavy atom. The standard InChI is InChI=1S/C24H25N5O3/c30-23(27-11-17-3-4-21-22(10-17)32-16-31-21)14-29-9-1-2-19(13-29)24-20(12-26-15-28-24)18-5-7-25-8-6-18/h3-8,10,12,15,19H,1-2,9,11,13-14,16H2,(H,27,30). The van der Waals surface area contributed by atoms with E-state index < -0.39 is 0 Å². The number of aromatic nitrogens is 3. The normalized spacial score (nSPS) is 17.8. The van der Waals surface area contributed by atoms with E-state index in [1.54, 1.807) is 18.7 Å². The zero-order valence-electron chi connectivity index (χ0n) is 17.7. The van der Waals surface area contributed by atoms with Gasteiger partial charge in [-0.25, -0.2) is 9.97 Å². The van der Waals surface area contributed by atoms with Crippen molar-refractivity contribution in [1.82, 2.24) is 25.2 Å². The third-order valence-corrected chi connectivity index (χ3v) is 5.92. The van der Waals surface area contributed by atoms with Crippen LogP contribution in [-0.2, 0) is 11.3 Å². The van der Waals surface area contributed by atoms with Crippen LogP contribution in [0.25, 0.3) is 11.1 Å². The SMILES string of the molecule is O=C(CN1CCCC(c2ncncc2-c2ccncc2)C1)NCc1ccc2c(c1)OCO2. The quantitative estimate of drug-likeness (QED) is 0.642. The molecule has 0 radical (unpaired) electrons. The summed E-state index contributed by atoms with van der Waals surface area (Å²) < 4.78 is 10.7. The molecule has 1 fully saturated rings. The Hall–Kier alpha value is -3.52. The second kappa shape index (κ2) is 9.32. The molecular formula is C24H25N5O3. The van der Waals surface area contributed by atoms with Gasteiger partial charge in [-0.3, -0.25) is 14.7 Å². The van der Waals surface area contributed by atoms with Gasteiger partial charge in [0.05, 0.1) is 12.2 Å². The van der Waals surface area contributed by atoms with Gasteiger partial charge in [-0.2, -0.15) is 0 Å². The minimum atomic E-state index is 0.0142. The van der Waals surface area contributed by atoms with Crippen molar-refractivity contribution >= 4 is 5.91 Å². The predicted octanol–water partition coefficient (Wildman–Crippen LogP) is 2.76. The molecule has 0 saturated carbocycles. The van der Waals surface area contributed by atoms with E-state index in [9.17, 15) is 4.79 Å². The number of piperidine rings is 1. The highest BCUT2D eigenvalue weighted by Crippen LogP contribution is 2.33. The van der Waals surface area contributed by atoms with Gasteiger partial charge in [-0.1, -0.05) is 6.07 Å². The number of pyridine rings is 1.